The van der Waals surface area contributed by atoms with Crippen LogP contribution in [-0.2, 0) is 13.0 Å². The molecule has 0 N–H and O–H groups in total. The van der Waals surface area contributed by atoms with Gasteiger partial charge in [0.2, 0.25) is 0 Å². The Hall–Kier alpha value is -2.20. The second-order valence-corrected chi connectivity index (χ2v) is 6.82. The molecule has 0 amide bonds. The van der Waals surface area contributed by atoms with Crippen LogP contribution in [-0.4, -0.2) is 22.9 Å². The SMILES string of the molecule is COc1ccc(-c2nc3n(c2-c2ccc(SC)cc2)CCC3)cc1. The molecule has 0 fully saturated rings. The van der Waals surface area contributed by atoms with Crippen LogP contribution in [0.5, 0.6) is 5.75 Å². The van der Waals surface area contributed by atoms with Gasteiger partial charge in [0.25, 0.3) is 0 Å². The van der Waals surface area contributed by atoms with E-state index in [1.165, 1.54) is 28.4 Å². The van der Waals surface area contributed by atoms with Crippen LogP contribution >= 0.6 is 11.8 Å². The highest BCUT2D eigenvalue weighted by Crippen LogP contribution is 2.36. The quantitative estimate of drug-likeness (QED) is 0.635. The lowest BCUT2D eigenvalue weighted by Gasteiger charge is -2.10. The molecule has 0 bridgehead atoms. The fraction of sp³-hybridized carbons (Fsp3) is 0.250. The van der Waals surface area contributed by atoms with Crippen molar-refractivity contribution in [2.24, 2.45) is 0 Å². The molecule has 3 nitrogen and oxygen atoms in total. The number of ether oxygens (including phenoxy) is 1. The molecule has 0 radical (unpaired) electrons. The molecule has 1 aromatic heterocycles. The number of methoxy groups -OCH3 is 1. The number of imidazole rings is 1. The van der Waals surface area contributed by atoms with Gasteiger partial charge in [0.05, 0.1) is 18.5 Å². The third kappa shape index (κ3) is 2.61. The number of hydrogen-bond acceptors (Lipinski definition) is 3. The van der Waals surface area contributed by atoms with Gasteiger partial charge in [-0.25, -0.2) is 4.98 Å². The number of benzene rings is 2. The summed E-state index contributed by atoms with van der Waals surface area (Å²) in [5.41, 5.74) is 4.69. The van der Waals surface area contributed by atoms with E-state index in [-0.39, 0.29) is 0 Å². The van der Waals surface area contributed by atoms with Crippen LogP contribution in [0.1, 0.15) is 12.2 Å². The summed E-state index contributed by atoms with van der Waals surface area (Å²) in [6.07, 6.45) is 4.35. The molecule has 3 aromatic rings. The van der Waals surface area contributed by atoms with Gasteiger partial charge in [-0.2, -0.15) is 0 Å². The first kappa shape index (κ1) is 15.3. The maximum absolute atomic E-state index is 5.28. The van der Waals surface area contributed by atoms with Crippen molar-refractivity contribution in [3.8, 4) is 28.3 Å². The average molecular weight is 336 g/mol. The van der Waals surface area contributed by atoms with E-state index in [9.17, 15) is 0 Å². The number of aryl methyl sites for hydroxylation is 1. The van der Waals surface area contributed by atoms with Crippen molar-refractivity contribution in [2.45, 2.75) is 24.3 Å². The minimum atomic E-state index is 0.872. The Morgan fingerprint density at radius 3 is 2.38 bits per heavy atom. The van der Waals surface area contributed by atoms with Gasteiger partial charge < -0.3 is 9.30 Å². The zero-order valence-corrected chi connectivity index (χ0v) is 14.8. The van der Waals surface area contributed by atoms with Crippen molar-refractivity contribution < 1.29 is 4.74 Å². The Bertz CT molecular complexity index is 851. The maximum atomic E-state index is 5.28. The van der Waals surface area contributed by atoms with Gasteiger partial charge in [0.15, 0.2) is 0 Å². The summed E-state index contributed by atoms with van der Waals surface area (Å²) in [6.45, 7) is 1.05. The summed E-state index contributed by atoms with van der Waals surface area (Å²) in [5.74, 6) is 2.07. The summed E-state index contributed by atoms with van der Waals surface area (Å²) in [4.78, 5) is 6.24. The fourth-order valence-corrected chi connectivity index (χ4v) is 3.73. The lowest BCUT2D eigenvalue weighted by Crippen LogP contribution is -1.96. The Morgan fingerprint density at radius 2 is 1.71 bits per heavy atom. The third-order valence-corrected chi connectivity index (χ3v) is 5.30. The lowest BCUT2D eigenvalue weighted by molar-refractivity contribution is 0.415. The van der Waals surface area contributed by atoms with Crippen LogP contribution in [0.4, 0.5) is 0 Å². The van der Waals surface area contributed by atoms with E-state index in [0.717, 1.165) is 30.0 Å². The molecule has 1 aliphatic heterocycles. The Kier molecular flexibility index (Phi) is 4.07. The Morgan fingerprint density at radius 1 is 1.00 bits per heavy atom. The van der Waals surface area contributed by atoms with Gasteiger partial charge in [-0.15, -0.1) is 11.8 Å². The predicted octanol–water partition coefficient (Wildman–Crippen LogP) is 4.89. The minimum Gasteiger partial charge on any atom is -0.497 e. The van der Waals surface area contributed by atoms with Crippen LogP contribution in [0.2, 0.25) is 0 Å². The maximum Gasteiger partial charge on any atom is 0.118 e. The largest absolute Gasteiger partial charge is 0.497 e. The average Bonchev–Trinajstić information content (AvgIpc) is 3.23. The van der Waals surface area contributed by atoms with Gasteiger partial charge in [-0.1, -0.05) is 12.1 Å². The molecule has 122 valence electrons. The first-order chi connectivity index (χ1) is 11.8. The molecule has 0 unspecified atom stereocenters. The lowest BCUT2D eigenvalue weighted by atomic mass is 10.0. The summed E-state index contributed by atoms with van der Waals surface area (Å²) in [5, 5.41) is 0. The second kappa shape index (κ2) is 6.36. The van der Waals surface area contributed by atoms with Gasteiger partial charge in [0, 0.05) is 29.0 Å². The highest BCUT2D eigenvalue weighted by Gasteiger charge is 2.23. The summed E-state index contributed by atoms with van der Waals surface area (Å²) in [6, 6.07) is 17.0. The predicted molar refractivity (Wildman–Crippen MR) is 99.8 cm³/mol. The third-order valence-electron chi connectivity index (χ3n) is 4.56. The molecule has 2 heterocycles. The number of fused-ring (bicyclic) bond motifs is 1. The van der Waals surface area contributed by atoms with Crippen molar-refractivity contribution in [3.05, 3.63) is 54.4 Å². The number of thioether (sulfide) groups is 1. The number of rotatable bonds is 4. The van der Waals surface area contributed by atoms with Crippen molar-refractivity contribution in [2.75, 3.05) is 13.4 Å². The molecular formula is C20H20N2OS. The number of hydrogen-bond donors (Lipinski definition) is 0. The molecule has 0 saturated heterocycles. The second-order valence-electron chi connectivity index (χ2n) is 5.94. The van der Waals surface area contributed by atoms with E-state index in [0.29, 0.717) is 0 Å². The van der Waals surface area contributed by atoms with Crippen molar-refractivity contribution in [1.82, 2.24) is 9.55 Å². The van der Waals surface area contributed by atoms with E-state index < -0.39 is 0 Å². The van der Waals surface area contributed by atoms with Gasteiger partial charge >= 0.3 is 0 Å². The first-order valence-corrected chi connectivity index (χ1v) is 9.41. The molecule has 0 saturated carbocycles. The molecule has 0 atom stereocenters. The molecule has 24 heavy (non-hydrogen) atoms. The molecule has 0 aliphatic carbocycles. The standard InChI is InChI=1S/C20H20N2OS/c1-23-16-9-5-14(6-10-16)19-20(22-13-3-4-18(22)21-19)15-7-11-17(24-2)12-8-15/h5-12H,3-4,13H2,1-2H3. The first-order valence-electron chi connectivity index (χ1n) is 8.18. The normalized spacial score (nSPS) is 13.1. The fourth-order valence-electron chi connectivity index (χ4n) is 3.32. The van der Waals surface area contributed by atoms with Gasteiger partial charge in [-0.3, -0.25) is 0 Å². The van der Waals surface area contributed by atoms with Crippen molar-refractivity contribution in [1.29, 1.82) is 0 Å². The zero-order valence-electron chi connectivity index (χ0n) is 14.0. The Labute approximate surface area is 146 Å². The molecule has 2 aromatic carbocycles. The highest BCUT2D eigenvalue weighted by atomic mass is 32.2. The van der Waals surface area contributed by atoms with E-state index in [4.69, 9.17) is 9.72 Å². The van der Waals surface area contributed by atoms with Gasteiger partial charge in [-0.05, 0) is 49.1 Å². The molecule has 0 spiro atoms. The van der Waals surface area contributed by atoms with Crippen molar-refractivity contribution in [3.63, 3.8) is 0 Å². The summed E-state index contributed by atoms with van der Waals surface area (Å²) >= 11 is 1.77. The molecule has 4 heteroatoms. The molecule has 1 aliphatic rings. The zero-order chi connectivity index (χ0) is 16.5. The topological polar surface area (TPSA) is 27.1 Å². The van der Waals surface area contributed by atoms with E-state index in [2.05, 4.69) is 47.2 Å². The minimum absolute atomic E-state index is 0.872. The van der Waals surface area contributed by atoms with Crippen LogP contribution < -0.4 is 4.74 Å². The van der Waals surface area contributed by atoms with Crippen LogP contribution in [0.25, 0.3) is 22.5 Å². The van der Waals surface area contributed by atoms with Crippen LogP contribution in [0, 0.1) is 0 Å². The molecule has 4 rings (SSSR count). The Balaban J connectivity index is 1.84. The monoisotopic (exact) mass is 336 g/mol. The van der Waals surface area contributed by atoms with E-state index in [1.807, 2.05) is 12.1 Å². The summed E-state index contributed by atoms with van der Waals surface area (Å²) < 4.78 is 7.66. The van der Waals surface area contributed by atoms with E-state index >= 15 is 0 Å². The number of nitrogens with zero attached hydrogens (tertiary/aromatic N) is 2. The van der Waals surface area contributed by atoms with E-state index in [1.54, 1.807) is 18.9 Å². The van der Waals surface area contributed by atoms with Gasteiger partial charge in [0.1, 0.15) is 11.6 Å². The summed E-state index contributed by atoms with van der Waals surface area (Å²) in [7, 11) is 1.69. The number of aromatic nitrogens is 2. The molecular weight excluding hydrogens is 316 g/mol. The van der Waals surface area contributed by atoms with Crippen molar-refractivity contribution >= 4 is 11.8 Å². The van der Waals surface area contributed by atoms with Crippen LogP contribution in [0.3, 0.4) is 0 Å². The smallest absolute Gasteiger partial charge is 0.118 e. The highest BCUT2D eigenvalue weighted by molar-refractivity contribution is 7.98. The van der Waals surface area contributed by atoms with Crippen LogP contribution in [0.15, 0.2) is 53.4 Å².